The van der Waals surface area contributed by atoms with Crippen LogP contribution in [-0.4, -0.2) is 11.1 Å². The predicted octanol–water partition coefficient (Wildman–Crippen LogP) is 5.32. The van der Waals surface area contributed by atoms with E-state index in [-0.39, 0.29) is 10.5 Å². The number of hydrogen-bond donors (Lipinski definition) is 1. The lowest BCUT2D eigenvalue weighted by Crippen LogP contribution is -2.06. The van der Waals surface area contributed by atoms with Crippen molar-refractivity contribution in [3.8, 4) is 0 Å². The van der Waals surface area contributed by atoms with E-state index >= 15 is 0 Å². The average Bonchev–Trinajstić information content (AvgIpc) is 2.40. The Labute approximate surface area is 131 Å². The van der Waals surface area contributed by atoms with Gasteiger partial charge in [0.1, 0.15) is 0 Å². The van der Waals surface area contributed by atoms with Gasteiger partial charge in [0.15, 0.2) is 0 Å². The van der Waals surface area contributed by atoms with Gasteiger partial charge in [-0.05, 0) is 46.3 Å². The van der Waals surface area contributed by atoms with Gasteiger partial charge in [-0.25, -0.2) is 4.79 Å². The van der Waals surface area contributed by atoms with Gasteiger partial charge in [0, 0.05) is 14.3 Å². The van der Waals surface area contributed by atoms with Crippen molar-refractivity contribution < 1.29 is 23.1 Å². The molecule has 0 saturated heterocycles. The van der Waals surface area contributed by atoms with Crippen LogP contribution in [0.3, 0.4) is 0 Å². The maximum Gasteiger partial charge on any atom is 0.417 e. The first kappa shape index (κ1) is 15.9. The summed E-state index contributed by atoms with van der Waals surface area (Å²) in [6.45, 7) is 0. The molecule has 2 aromatic carbocycles. The molecule has 0 atom stereocenters. The Morgan fingerprint density at radius 3 is 2.43 bits per heavy atom. The van der Waals surface area contributed by atoms with Crippen LogP contribution in [0.15, 0.2) is 56.7 Å². The molecular formula is C14H8BrF3O2S. The Hall–Kier alpha value is -1.47. The number of rotatable bonds is 3. The predicted molar refractivity (Wildman–Crippen MR) is 76.7 cm³/mol. The minimum absolute atomic E-state index is 0.00416. The van der Waals surface area contributed by atoms with Gasteiger partial charge in [0.05, 0.1) is 11.1 Å². The van der Waals surface area contributed by atoms with Crippen molar-refractivity contribution in [1.29, 1.82) is 0 Å². The molecule has 0 aliphatic rings. The molecule has 2 nitrogen and oxygen atoms in total. The van der Waals surface area contributed by atoms with Gasteiger partial charge in [-0.1, -0.05) is 23.9 Å². The molecule has 1 N–H and O–H groups in total. The average molecular weight is 377 g/mol. The summed E-state index contributed by atoms with van der Waals surface area (Å²) >= 11 is 3.97. The Morgan fingerprint density at radius 2 is 1.81 bits per heavy atom. The van der Waals surface area contributed by atoms with Crippen LogP contribution in [0, 0.1) is 0 Å². The zero-order valence-electron chi connectivity index (χ0n) is 10.3. The number of benzene rings is 2. The van der Waals surface area contributed by atoms with Crippen LogP contribution >= 0.6 is 27.7 Å². The smallest absolute Gasteiger partial charge is 0.417 e. The maximum atomic E-state index is 12.9. The van der Waals surface area contributed by atoms with Crippen LogP contribution in [0.2, 0.25) is 0 Å². The van der Waals surface area contributed by atoms with Crippen LogP contribution < -0.4 is 0 Å². The minimum Gasteiger partial charge on any atom is -0.478 e. The fraction of sp³-hybridized carbons (Fsp3) is 0.0714. The summed E-state index contributed by atoms with van der Waals surface area (Å²) in [7, 11) is 0. The molecule has 0 amide bonds. The molecule has 0 aromatic heterocycles. The summed E-state index contributed by atoms with van der Waals surface area (Å²) in [4.78, 5) is 11.5. The fourth-order valence-electron chi connectivity index (χ4n) is 1.65. The number of halogens is 4. The molecule has 0 radical (unpaired) electrons. The molecule has 7 heteroatoms. The van der Waals surface area contributed by atoms with E-state index in [1.54, 1.807) is 6.07 Å². The molecule has 110 valence electrons. The SMILES string of the molecule is O=C(O)c1cc(Sc2ccccc2C(F)(F)F)ccc1Br. The van der Waals surface area contributed by atoms with Gasteiger partial charge >= 0.3 is 12.1 Å². The normalized spacial score (nSPS) is 11.4. The molecular weight excluding hydrogens is 369 g/mol. The zero-order valence-corrected chi connectivity index (χ0v) is 12.7. The second-order valence-electron chi connectivity index (χ2n) is 4.04. The lowest BCUT2D eigenvalue weighted by Gasteiger charge is -2.12. The summed E-state index contributed by atoms with van der Waals surface area (Å²) < 4.78 is 39.1. The molecule has 21 heavy (non-hydrogen) atoms. The highest BCUT2D eigenvalue weighted by Gasteiger charge is 2.33. The van der Waals surface area contributed by atoms with E-state index in [2.05, 4.69) is 15.9 Å². The fourth-order valence-corrected chi connectivity index (χ4v) is 3.07. The van der Waals surface area contributed by atoms with Crippen LogP contribution in [0.1, 0.15) is 15.9 Å². The van der Waals surface area contributed by atoms with E-state index in [0.29, 0.717) is 9.37 Å². The first-order valence-corrected chi connectivity index (χ1v) is 7.27. The minimum atomic E-state index is -4.45. The van der Waals surface area contributed by atoms with Gasteiger partial charge in [-0.3, -0.25) is 0 Å². The van der Waals surface area contributed by atoms with Gasteiger partial charge in [0.25, 0.3) is 0 Å². The Kier molecular flexibility index (Phi) is 4.63. The second kappa shape index (κ2) is 6.11. The van der Waals surface area contributed by atoms with E-state index in [0.717, 1.165) is 17.8 Å². The summed E-state index contributed by atoms with van der Waals surface area (Å²) in [5.74, 6) is -1.14. The van der Waals surface area contributed by atoms with Gasteiger partial charge in [-0.2, -0.15) is 13.2 Å². The zero-order chi connectivity index (χ0) is 15.6. The van der Waals surface area contributed by atoms with E-state index in [1.807, 2.05) is 0 Å². The molecule has 0 aliphatic carbocycles. The Bertz CT molecular complexity index is 686. The van der Waals surface area contributed by atoms with Crippen LogP contribution in [0.25, 0.3) is 0 Å². The highest BCUT2D eigenvalue weighted by molar-refractivity contribution is 9.10. The number of hydrogen-bond acceptors (Lipinski definition) is 2. The van der Waals surface area contributed by atoms with E-state index < -0.39 is 17.7 Å². The summed E-state index contributed by atoms with van der Waals surface area (Å²) in [6.07, 6.45) is -4.45. The summed E-state index contributed by atoms with van der Waals surface area (Å²) in [5.41, 5.74) is -0.737. The van der Waals surface area contributed by atoms with Crippen molar-refractivity contribution in [2.24, 2.45) is 0 Å². The molecule has 0 bridgehead atoms. The van der Waals surface area contributed by atoms with Crippen molar-refractivity contribution in [3.63, 3.8) is 0 Å². The second-order valence-corrected chi connectivity index (χ2v) is 6.01. The van der Waals surface area contributed by atoms with Gasteiger partial charge in [0.2, 0.25) is 0 Å². The first-order valence-electron chi connectivity index (χ1n) is 5.66. The van der Waals surface area contributed by atoms with Crippen LogP contribution in [0.5, 0.6) is 0 Å². The van der Waals surface area contributed by atoms with Crippen molar-refractivity contribution in [1.82, 2.24) is 0 Å². The number of alkyl halides is 3. The van der Waals surface area contributed by atoms with E-state index in [1.165, 1.54) is 30.3 Å². The Balaban J connectivity index is 2.40. The van der Waals surface area contributed by atoms with Gasteiger partial charge < -0.3 is 5.11 Å². The van der Waals surface area contributed by atoms with Crippen molar-refractivity contribution >= 4 is 33.7 Å². The third-order valence-electron chi connectivity index (χ3n) is 2.59. The molecule has 0 fully saturated rings. The molecule has 2 aromatic rings. The Morgan fingerprint density at radius 1 is 1.14 bits per heavy atom. The molecule has 0 spiro atoms. The van der Waals surface area contributed by atoms with Crippen LogP contribution in [0.4, 0.5) is 13.2 Å². The lowest BCUT2D eigenvalue weighted by atomic mass is 10.2. The summed E-state index contributed by atoms with van der Waals surface area (Å²) in [6, 6.07) is 9.58. The quantitative estimate of drug-likeness (QED) is 0.787. The number of carboxylic acids is 1. The van der Waals surface area contributed by atoms with Crippen molar-refractivity contribution in [3.05, 3.63) is 58.1 Å². The number of carboxylic acid groups (broad SMARTS) is 1. The number of aromatic carboxylic acids is 1. The van der Waals surface area contributed by atoms with Crippen molar-refractivity contribution in [2.75, 3.05) is 0 Å². The third kappa shape index (κ3) is 3.79. The third-order valence-corrected chi connectivity index (χ3v) is 4.35. The van der Waals surface area contributed by atoms with E-state index in [4.69, 9.17) is 5.11 Å². The monoisotopic (exact) mass is 376 g/mol. The topological polar surface area (TPSA) is 37.3 Å². The highest BCUT2D eigenvalue weighted by Crippen LogP contribution is 2.39. The standard InChI is InChI=1S/C14H8BrF3O2S/c15-11-6-5-8(7-9(11)13(19)20)21-12-4-2-1-3-10(12)14(16,17)18/h1-7H,(H,19,20). The first-order chi connectivity index (χ1) is 9.79. The summed E-state index contributed by atoms with van der Waals surface area (Å²) in [5, 5.41) is 9.02. The largest absolute Gasteiger partial charge is 0.478 e. The molecule has 0 aliphatic heterocycles. The lowest BCUT2D eigenvalue weighted by molar-refractivity contribution is -0.139. The number of carbonyl (C=O) groups is 1. The van der Waals surface area contributed by atoms with Crippen LogP contribution in [-0.2, 0) is 6.18 Å². The molecule has 0 unspecified atom stereocenters. The van der Waals surface area contributed by atoms with Gasteiger partial charge in [-0.15, -0.1) is 0 Å². The highest BCUT2D eigenvalue weighted by atomic mass is 79.9. The van der Waals surface area contributed by atoms with Crippen molar-refractivity contribution in [2.45, 2.75) is 16.0 Å². The maximum absolute atomic E-state index is 12.9. The van der Waals surface area contributed by atoms with E-state index in [9.17, 15) is 18.0 Å². The molecule has 0 saturated carbocycles. The molecule has 2 rings (SSSR count). The molecule has 0 heterocycles.